The van der Waals surface area contributed by atoms with Crippen LogP contribution >= 0.6 is 15.9 Å². The van der Waals surface area contributed by atoms with Crippen LogP contribution in [0.25, 0.3) is 0 Å². The van der Waals surface area contributed by atoms with Gasteiger partial charge in [-0.05, 0) is 38.8 Å². The third kappa shape index (κ3) is 3.25. The number of hydrogen-bond donors (Lipinski definition) is 0. The first-order valence-corrected chi connectivity index (χ1v) is 6.23. The van der Waals surface area contributed by atoms with Crippen LogP contribution in [0.4, 0.5) is 5.82 Å². The van der Waals surface area contributed by atoms with Crippen molar-refractivity contribution in [2.45, 2.75) is 13.0 Å². The van der Waals surface area contributed by atoms with Gasteiger partial charge in [-0.1, -0.05) is 6.07 Å². The summed E-state index contributed by atoms with van der Waals surface area (Å²) in [5, 5.41) is 10.9. The minimum Gasteiger partial charge on any atom is -0.478 e. The summed E-state index contributed by atoms with van der Waals surface area (Å²) in [6.45, 7) is 1.79. The Balaban J connectivity index is 2.28. The molecule has 0 aromatic carbocycles. The lowest BCUT2D eigenvalue weighted by atomic mass is 10.2. The maximum atomic E-state index is 10.9. The Labute approximate surface area is 117 Å². The van der Waals surface area contributed by atoms with E-state index in [4.69, 9.17) is 4.74 Å². The molecule has 2 rings (SSSR count). The second kappa shape index (κ2) is 5.75. The highest BCUT2D eigenvalue weighted by molar-refractivity contribution is 9.10. The van der Waals surface area contributed by atoms with E-state index in [9.17, 15) is 10.1 Å². The molecule has 0 N–H and O–H groups in total. The van der Waals surface area contributed by atoms with Crippen molar-refractivity contribution in [2.24, 2.45) is 0 Å². The molecule has 2 heterocycles. The second-order valence-corrected chi connectivity index (χ2v) is 4.69. The maximum Gasteiger partial charge on any atom is 0.406 e. The molecule has 0 amide bonds. The van der Waals surface area contributed by atoms with Crippen molar-refractivity contribution in [3.05, 3.63) is 56.9 Å². The van der Waals surface area contributed by atoms with Gasteiger partial charge >= 0.3 is 5.82 Å². The summed E-state index contributed by atoms with van der Waals surface area (Å²) in [5.74, 6) is -0.185. The molecular formula is C12H10BrN3O3. The molecule has 0 aliphatic carbocycles. The van der Waals surface area contributed by atoms with Gasteiger partial charge in [0.15, 0.2) is 6.20 Å². The molecule has 6 nitrogen and oxygen atoms in total. The standard InChI is InChI=1S/C12H10BrN3O3/c1-8(9-3-2-4-14-6-9)19-11-5-10(13)7-15-12(11)16(17)18/h2-8H,1H3. The fourth-order valence-electron chi connectivity index (χ4n) is 1.51. The van der Waals surface area contributed by atoms with Crippen molar-refractivity contribution in [2.75, 3.05) is 0 Å². The fourth-order valence-corrected chi connectivity index (χ4v) is 1.82. The van der Waals surface area contributed by atoms with Crippen molar-refractivity contribution in [3.63, 3.8) is 0 Å². The van der Waals surface area contributed by atoms with Gasteiger partial charge in [0.2, 0.25) is 5.75 Å². The van der Waals surface area contributed by atoms with E-state index in [1.54, 1.807) is 25.4 Å². The minimum atomic E-state index is -0.572. The minimum absolute atomic E-state index is 0.121. The summed E-state index contributed by atoms with van der Waals surface area (Å²) >= 11 is 3.21. The Morgan fingerprint density at radius 2 is 2.26 bits per heavy atom. The Morgan fingerprint density at radius 1 is 1.47 bits per heavy atom. The van der Waals surface area contributed by atoms with E-state index in [-0.39, 0.29) is 17.7 Å². The Morgan fingerprint density at radius 3 is 2.89 bits per heavy atom. The Hall–Kier alpha value is -2.02. The summed E-state index contributed by atoms with van der Waals surface area (Å²) < 4.78 is 6.22. The number of ether oxygens (including phenoxy) is 1. The van der Waals surface area contributed by atoms with Crippen LogP contribution in [-0.4, -0.2) is 14.9 Å². The van der Waals surface area contributed by atoms with Gasteiger partial charge in [-0.2, -0.15) is 0 Å². The average molecular weight is 324 g/mol. The molecule has 19 heavy (non-hydrogen) atoms. The van der Waals surface area contributed by atoms with E-state index in [1.807, 2.05) is 6.07 Å². The Kier molecular flexibility index (Phi) is 4.06. The van der Waals surface area contributed by atoms with E-state index >= 15 is 0 Å². The van der Waals surface area contributed by atoms with Crippen LogP contribution < -0.4 is 4.74 Å². The first kappa shape index (κ1) is 13.4. The van der Waals surface area contributed by atoms with E-state index in [0.717, 1.165) is 5.56 Å². The lowest BCUT2D eigenvalue weighted by molar-refractivity contribution is -0.390. The molecule has 0 aliphatic rings. The van der Waals surface area contributed by atoms with Crippen LogP contribution in [0.3, 0.4) is 0 Å². The first-order valence-electron chi connectivity index (χ1n) is 5.44. The number of rotatable bonds is 4. The van der Waals surface area contributed by atoms with Crippen LogP contribution in [0, 0.1) is 10.1 Å². The molecule has 0 saturated carbocycles. The summed E-state index contributed by atoms with van der Waals surface area (Å²) in [6, 6.07) is 5.15. The van der Waals surface area contributed by atoms with Gasteiger partial charge in [-0.15, -0.1) is 0 Å². The highest BCUT2D eigenvalue weighted by Gasteiger charge is 2.20. The Bertz CT molecular complexity index is 592. The normalized spacial score (nSPS) is 11.9. The molecular weight excluding hydrogens is 314 g/mol. The predicted octanol–water partition coefficient (Wildman–Crippen LogP) is 3.29. The second-order valence-electron chi connectivity index (χ2n) is 3.78. The zero-order chi connectivity index (χ0) is 13.8. The van der Waals surface area contributed by atoms with Crippen LogP contribution in [0.1, 0.15) is 18.6 Å². The zero-order valence-electron chi connectivity index (χ0n) is 9.99. The predicted molar refractivity (Wildman–Crippen MR) is 71.9 cm³/mol. The van der Waals surface area contributed by atoms with Crippen molar-refractivity contribution in [1.29, 1.82) is 0 Å². The lowest BCUT2D eigenvalue weighted by Crippen LogP contribution is -2.06. The third-order valence-electron chi connectivity index (χ3n) is 2.43. The molecule has 0 radical (unpaired) electrons. The molecule has 2 aromatic rings. The molecule has 1 unspecified atom stereocenters. The summed E-state index contributed by atoms with van der Waals surface area (Å²) in [7, 11) is 0. The molecule has 0 spiro atoms. The van der Waals surface area contributed by atoms with E-state index < -0.39 is 4.92 Å². The van der Waals surface area contributed by atoms with Gasteiger partial charge in [0, 0.05) is 24.0 Å². The molecule has 0 aliphatic heterocycles. The molecule has 0 bridgehead atoms. The SMILES string of the molecule is CC(Oc1cc(Br)cnc1[N+](=O)[O-])c1cccnc1. The number of pyridine rings is 2. The third-order valence-corrected chi connectivity index (χ3v) is 2.86. The smallest absolute Gasteiger partial charge is 0.406 e. The van der Waals surface area contributed by atoms with Gasteiger partial charge in [-0.25, -0.2) is 0 Å². The van der Waals surface area contributed by atoms with Crippen molar-refractivity contribution < 1.29 is 9.66 Å². The van der Waals surface area contributed by atoms with Gasteiger partial charge in [0.25, 0.3) is 0 Å². The highest BCUT2D eigenvalue weighted by atomic mass is 79.9. The quantitative estimate of drug-likeness (QED) is 0.637. The zero-order valence-corrected chi connectivity index (χ0v) is 11.6. The average Bonchev–Trinajstić information content (AvgIpc) is 2.39. The number of aromatic nitrogens is 2. The number of nitro groups is 1. The van der Waals surface area contributed by atoms with Gasteiger partial charge in [-0.3, -0.25) is 4.98 Å². The number of halogens is 1. The molecule has 98 valence electrons. The first-order chi connectivity index (χ1) is 9.08. The summed E-state index contributed by atoms with van der Waals surface area (Å²) in [6.07, 6.45) is 4.31. The molecule has 7 heteroatoms. The highest BCUT2D eigenvalue weighted by Crippen LogP contribution is 2.31. The van der Waals surface area contributed by atoms with Crippen molar-refractivity contribution in [1.82, 2.24) is 9.97 Å². The van der Waals surface area contributed by atoms with Gasteiger partial charge in [0.05, 0.1) is 4.47 Å². The molecule has 0 fully saturated rings. The van der Waals surface area contributed by atoms with Crippen molar-refractivity contribution in [3.8, 4) is 5.75 Å². The van der Waals surface area contributed by atoms with E-state index in [1.165, 1.54) is 12.3 Å². The topological polar surface area (TPSA) is 78.2 Å². The summed E-state index contributed by atoms with van der Waals surface area (Å²) in [5.41, 5.74) is 0.830. The van der Waals surface area contributed by atoms with Gasteiger partial charge in [0.1, 0.15) is 6.10 Å². The number of nitrogens with zero attached hydrogens (tertiary/aromatic N) is 3. The van der Waals surface area contributed by atoms with Crippen LogP contribution in [0.15, 0.2) is 41.3 Å². The lowest BCUT2D eigenvalue weighted by Gasteiger charge is -2.14. The van der Waals surface area contributed by atoms with E-state index in [0.29, 0.717) is 4.47 Å². The van der Waals surface area contributed by atoms with Gasteiger partial charge < -0.3 is 14.9 Å². The number of hydrogen-bond acceptors (Lipinski definition) is 5. The molecule has 1 atom stereocenters. The monoisotopic (exact) mass is 323 g/mol. The molecule has 0 saturated heterocycles. The van der Waals surface area contributed by atoms with E-state index in [2.05, 4.69) is 25.9 Å². The van der Waals surface area contributed by atoms with Crippen LogP contribution in [-0.2, 0) is 0 Å². The largest absolute Gasteiger partial charge is 0.478 e. The fraction of sp³-hybridized carbons (Fsp3) is 0.167. The van der Waals surface area contributed by atoms with Crippen LogP contribution in [0.5, 0.6) is 5.75 Å². The maximum absolute atomic E-state index is 10.9. The molecule has 2 aromatic heterocycles. The van der Waals surface area contributed by atoms with Crippen LogP contribution in [0.2, 0.25) is 0 Å². The van der Waals surface area contributed by atoms with Crippen molar-refractivity contribution >= 4 is 21.7 Å². The summed E-state index contributed by atoms with van der Waals surface area (Å²) in [4.78, 5) is 18.0.